The minimum absolute atomic E-state index is 0.419. The summed E-state index contributed by atoms with van der Waals surface area (Å²) in [7, 11) is 0. The van der Waals surface area contributed by atoms with Gasteiger partial charge >= 0.3 is 0 Å². The van der Waals surface area contributed by atoms with Crippen LogP contribution in [-0.4, -0.2) is 24.5 Å². The fraction of sp³-hybridized carbons (Fsp3) is 0.500. The van der Waals surface area contributed by atoms with Crippen LogP contribution in [0.4, 0.5) is 0 Å². The number of aldehydes is 2. The molecule has 4 heteroatoms. The maximum atomic E-state index is 10.9. The molecule has 0 aromatic heterocycles. The molecule has 0 spiro atoms. The van der Waals surface area contributed by atoms with Crippen LogP contribution in [0, 0.1) is 0 Å². The van der Waals surface area contributed by atoms with Gasteiger partial charge in [0, 0.05) is 0 Å². The highest BCUT2D eigenvalue weighted by molar-refractivity contribution is 5.77. The summed E-state index contributed by atoms with van der Waals surface area (Å²) < 4.78 is 10.8. The highest BCUT2D eigenvalue weighted by atomic mass is 16.7. The Morgan fingerprint density at radius 1 is 1.38 bits per heavy atom. The smallest absolute Gasteiger partial charge is 0.229 e. The lowest BCUT2D eigenvalue weighted by Gasteiger charge is -2.34. The first-order valence-electron chi connectivity index (χ1n) is 5.04. The average molecular weight is 224 g/mol. The van der Waals surface area contributed by atoms with Crippen molar-refractivity contribution in [2.24, 2.45) is 0 Å². The number of rotatable bonds is 3. The first kappa shape index (κ1) is 12.6. The van der Waals surface area contributed by atoms with Gasteiger partial charge in [0.25, 0.3) is 0 Å². The Morgan fingerprint density at radius 2 is 2.00 bits per heavy atom. The minimum Gasteiger partial charge on any atom is -0.468 e. The van der Waals surface area contributed by atoms with E-state index in [2.05, 4.69) is 0 Å². The monoisotopic (exact) mass is 224 g/mol. The molecule has 1 rings (SSSR count). The van der Waals surface area contributed by atoms with Crippen LogP contribution >= 0.6 is 0 Å². The first-order valence-corrected chi connectivity index (χ1v) is 5.04. The molecule has 1 heterocycles. The molecule has 0 amide bonds. The number of carbonyl (C=O) groups is 2. The number of allylic oxidation sites excluding steroid dienone is 1. The summed E-state index contributed by atoms with van der Waals surface area (Å²) in [5.74, 6) is 0. The summed E-state index contributed by atoms with van der Waals surface area (Å²) in [5.41, 5.74) is 0.963. The van der Waals surface area contributed by atoms with Crippen molar-refractivity contribution in [2.75, 3.05) is 0 Å². The predicted octanol–water partition coefficient (Wildman–Crippen LogP) is 1.76. The number of hydrogen-bond donors (Lipinski definition) is 0. The third-order valence-corrected chi connectivity index (χ3v) is 2.50. The fourth-order valence-corrected chi connectivity index (χ4v) is 1.36. The largest absolute Gasteiger partial charge is 0.468 e. The van der Waals surface area contributed by atoms with Gasteiger partial charge in [-0.1, -0.05) is 5.57 Å². The molecule has 0 aliphatic carbocycles. The van der Waals surface area contributed by atoms with E-state index in [1.165, 1.54) is 6.26 Å². The van der Waals surface area contributed by atoms with Gasteiger partial charge < -0.3 is 9.47 Å². The van der Waals surface area contributed by atoms with Crippen LogP contribution in [0.25, 0.3) is 0 Å². The van der Waals surface area contributed by atoms with Gasteiger partial charge in [-0.25, -0.2) is 0 Å². The van der Waals surface area contributed by atoms with Crippen molar-refractivity contribution >= 4 is 12.6 Å². The Balaban J connectivity index is 3.01. The zero-order valence-corrected chi connectivity index (χ0v) is 9.94. The molecule has 1 aliphatic heterocycles. The van der Waals surface area contributed by atoms with Crippen molar-refractivity contribution in [3.05, 3.63) is 23.0 Å². The maximum absolute atomic E-state index is 10.9. The summed E-state index contributed by atoms with van der Waals surface area (Å²) >= 11 is 0. The molecule has 16 heavy (non-hydrogen) atoms. The van der Waals surface area contributed by atoms with E-state index in [1.54, 1.807) is 13.8 Å². The fourth-order valence-electron chi connectivity index (χ4n) is 1.36. The van der Waals surface area contributed by atoms with Crippen LogP contribution in [0.2, 0.25) is 0 Å². The van der Waals surface area contributed by atoms with Crippen molar-refractivity contribution in [1.29, 1.82) is 0 Å². The Kier molecular flexibility index (Phi) is 3.65. The van der Waals surface area contributed by atoms with Crippen LogP contribution in [-0.2, 0) is 19.1 Å². The molecule has 1 atom stereocenters. The topological polar surface area (TPSA) is 52.6 Å². The second-order valence-electron chi connectivity index (χ2n) is 4.36. The van der Waals surface area contributed by atoms with E-state index in [9.17, 15) is 9.59 Å². The van der Waals surface area contributed by atoms with Crippen LogP contribution < -0.4 is 0 Å². The lowest BCUT2D eigenvalue weighted by Crippen LogP contribution is -2.39. The Labute approximate surface area is 94.9 Å². The van der Waals surface area contributed by atoms with Gasteiger partial charge in [-0.2, -0.15) is 0 Å². The van der Waals surface area contributed by atoms with E-state index in [0.717, 1.165) is 11.9 Å². The summed E-state index contributed by atoms with van der Waals surface area (Å²) in [6.07, 6.45) is 2.03. The second kappa shape index (κ2) is 4.61. The summed E-state index contributed by atoms with van der Waals surface area (Å²) in [5, 5.41) is 0. The molecule has 0 bridgehead atoms. The van der Waals surface area contributed by atoms with Crippen molar-refractivity contribution in [1.82, 2.24) is 0 Å². The molecule has 0 N–H and O–H groups in total. The van der Waals surface area contributed by atoms with E-state index in [-0.39, 0.29) is 0 Å². The van der Waals surface area contributed by atoms with E-state index in [1.807, 2.05) is 13.8 Å². The van der Waals surface area contributed by atoms with Crippen molar-refractivity contribution in [3.8, 4) is 0 Å². The molecule has 0 aromatic carbocycles. The van der Waals surface area contributed by atoms with Crippen LogP contribution in [0.15, 0.2) is 23.0 Å². The summed E-state index contributed by atoms with van der Waals surface area (Å²) in [4.78, 5) is 21.6. The third kappa shape index (κ3) is 2.39. The van der Waals surface area contributed by atoms with Crippen molar-refractivity contribution in [2.45, 2.75) is 39.6 Å². The molecule has 1 aliphatic rings. The Bertz CT molecular complexity index is 359. The number of ether oxygens (including phenoxy) is 2. The first-order chi connectivity index (χ1) is 7.42. The Morgan fingerprint density at radius 3 is 2.38 bits per heavy atom. The molecule has 0 saturated heterocycles. The standard InChI is InChI=1S/C12H16O4/c1-8(2)10(6-14)11-15-7-9(5-13)12(3,4)16-11/h5-7,11H,1-4H3. The van der Waals surface area contributed by atoms with Gasteiger partial charge in [0.05, 0.1) is 23.0 Å². The summed E-state index contributed by atoms with van der Waals surface area (Å²) in [6.45, 7) is 7.14. The van der Waals surface area contributed by atoms with Crippen LogP contribution in [0.3, 0.4) is 0 Å². The van der Waals surface area contributed by atoms with Gasteiger partial charge in [0.1, 0.15) is 0 Å². The highest BCUT2D eigenvalue weighted by Gasteiger charge is 2.34. The zero-order valence-electron chi connectivity index (χ0n) is 9.94. The second-order valence-corrected chi connectivity index (χ2v) is 4.36. The lowest BCUT2D eigenvalue weighted by molar-refractivity contribution is -0.164. The number of hydrogen-bond acceptors (Lipinski definition) is 4. The average Bonchev–Trinajstić information content (AvgIpc) is 2.17. The molecule has 0 saturated carbocycles. The van der Waals surface area contributed by atoms with Crippen molar-refractivity contribution < 1.29 is 19.1 Å². The normalized spacial score (nSPS) is 22.8. The zero-order chi connectivity index (χ0) is 12.3. The predicted molar refractivity (Wildman–Crippen MR) is 58.6 cm³/mol. The minimum atomic E-state index is -0.742. The van der Waals surface area contributed by atoms with Crippen LogP contribution in [0.5, 0.6) is 0 Å². The molecule has 88 valence electrons. The Hall–Kier alpha value is -1.42. The van der Waals surface area contributed by atoms with Gasteiger partial charge in [-0.15, -0.1) is 0 Å². The van der Waals surface area contributed by atoms with Crippen LogP contribution in [0.1, 0.15) is 27.7 Å². The van der Waals surface area contributed by atoms with Gasteiger partial charge in [0.2, 0.25) is 6.29 Å². The quantitative estimate of drug-likeness (QED) is 0.541. The molecule has 0 radical (unpaired) electrons. The summed E-state index contributed by atoms with van der Waals surface area (Å²) in [6, 6.07) is 0. The van der Waals surface area contributed by atoms with Gasteiger partial charge in [-0.05, 0) is 27.7 Å². The molecule has 4 nitrogen and oxygen atoms in total. The van der Waals surface area contributed by atoms with E-state index in [0.29, 0.717) is 17.4 Å². The molecule has 1 unspecified atom stereocenters. The molecule has 0 aromatic rings. The molecular weight excluding hydrogens is 208 g/mol. The molecule has 0 fully saturated rings. The van der Waals surface area contributed by atoms with E-state index >= 15 is 0 Å². The third-order valence-electron chi connectivity index (χ3n) is 2.50. The van der Waals surface area contributed by atoms with E-state index < -0.39 is 11.9 Å². The number of carbonyl (C=O) groups excluding carboxylic acids is 2. The van der Waals surface area contributed by atoms with Gasteiger partial charge in [0.15, 0.2) is 12.6 Å². The van der Waals surface area contributed by atoms with Gasteiger partial charge in [-0.3, -0.25) is 9.59 Å². The molecular formula is C12H16O4. The van der Waals surface area contributed by atoms with Crippen molar-refractivity contribution in [3.63, 3.8) is 0 Å². The SMILES string of the molecule is CC(C)=C(C=O)C1OC=C(C=O)C(C)(C)O1. The van der Waals surface area contributed by atoms with E-state index in [4.69, 9.17) is 9.47 Å². The highest BCUT2D eigenvalue weighted by Crippen LogP contribution is 2.29. The maximum Gasteiger partial charge on any atom is 0.229 e. The lowest BCUT2D eigenvalue weighted by atomic mass is 9.99.